The minimum atomic E-state index is 0.170. The molecule has 0 saturated heterocycles. The molecule has 1 amide bonds. The highest BCUT2D eigenvalue weighted by molar-refractivity contribution is 5.79. The zero-order chi connectivity index (χ0) is 12.4. The van der Waals surface area contributed by atoms with E-state index in [2.05, 4.69) is 28.8 Å². The Kier molecular flexibility index (Phi) is 3.33. The average molecular weight is 244 g/mol. The number of carbonyl (C=O) groups excluding carboxylic acids is 1. The Morgan fingerprint density at radius 1 is 1.33 bits per heavy atom. The van der Waals surface area contributed by atoms with Crippen molar-refractivity contribution in [3.8, 4) is 0 Å². The molecule has 1 aromatic rings. The average Bonchev–Trinajstić information content (AvgIpc) is 2.34. The van der Waals surface area contributed by atoms with Crippen LogP contribution < -0.4 is 10.6 Å². The van der Waals surface area contributed by atoms with Gasteiger partial charge in [0.1, 0.15) is 0 Å². The summed E-state index contributed by atoms with van der Waals surface area (Å²) in [6, 6.07) is 6.91. The Morgan fingerprint density at radius 2 is 2.22 bits per heavy atom. The molecule has 0 radical (unpaired) electrons. The molecule has 1 fully saturated rings. The molecule has 1 heterocycles. The van der Waals surface area contributed by atoms with Gasteiger partial charge in [0.05, 0.1) is 6.42 Å². The Balaban J connectivity index is 1.63. The van der Waals surface area contributed by atoms with Crippen molar-refractivity contribution in [2.24, 2.45) is 0 Å². The fourth-order valence-electron chi connectivity index (χ4n) is 2.66. The molecule has 96 valence electrons. The summed E-state index contributed by atoms with van der Waals surface area (Å²) < 4.78 is 0. The van der Waals surface area contributed by atoms with Gasteiger partial charge in [0, 0.05) is 12.6 Å². The minimum absolute atomic E-state index is 0.170. The monoisotopic (exact) mass is 244 g/mol. The summed E-state index contributed by atoms with van der Waals surface area (Å²) in [6.07, 6.45) is 5.18. The molecule has 1 saturated carbocycles. The quantitative estimate of drug-likeness (QED) is 0.847. The number of nitrogens with one attached hydrogen (secondary N) is 2. The number of benzene rings is 1. The van der Waals surface area contributed by atoms with E-state index in [0.29, 0.717) is 12.5 Å². The van der Waals surface area contributed by atoms with E-state index in [1.807, 2.05) is 0 Å². The third kappa shape index (κ3) is 2.56. The normalized spacial score (nSPS) is 18.9. The zero-order valence-electron chi connectivity index (χ0n) is 10.7. The first-order valence-electron chi connectivity index (χ1n) is 6.92. The molecule has 1 aromatic carbocycles. The number of fused-ring (bicyclic) bond motifs is 1. The lowest BCUT2D eigenvalue weighted by molar-refractivity contribution is -0.121. The summed E-state index contributed by atoms with van der Waals surface area (Å²) in [6.45, 7) is 2.00. The van der Waals surface area contributed by atoms with Crippen LogP contribution >= 0.6 is 0 Å². The number of hydrogen-bond donors (Lipinski definition) is 2. The van der Waals surface area contributed by atoms with E-state index in [9.17, 15) is 4.79 Å². The fraction of sp³-hybridized carbons (Fsp3) is 0.533. The van der Waals surface area contributed by atoms with Gasteiger partial charge in [-0.2, -0.15) is 0 Å². The van der Waals surface area contributed by atoms with E-state index in [-0.39, 0.29) is 5.91 Å². The summed E-state index contributed by atoms with van der Waals surface area (Å²) in [7, 11) is 0. The van der Waals surface area contributed by atoms with Gasteiger partial charge in [-0.15, -0.1) is 0 Å². The summed E-state index contributed by atoms with van der Waals surface area (Å²) in [5, 5.41) is 6.46. The van der Waals surface area contributed by atoms with Gasteiger partial charge >= 0.3 is 0 Å². The van der Waals surface area contributed by atoms with Gasteiger partial charge in [-0.1, -0.05) is 18.2 Å². The van der Waals surface area contributed by atoms with Gasteiger partial charge in [0.2, 0.25) is 5.91 Å². The second-order valence-electron chi connectivity index (χ2n) is 5.40. The van der Waals surface area contributed by atoms with Crippen molar-refractivity contribution in [2.75, 3.05) is 6.54 Å². The van der Waals surface area contributed by atoms with Gasteiger partial charge in [-0.3, -0.25) is 4.79 Å². The van der Waals surface area contributed by atoms with Gasteiger partial charge in [0.15, 0.2) is 0 Å². The SMILES string of the molecule is O=C(Cc1ccc2c(c1)CNCC2)NC1CCC1. The number of carbonyl (C=O) groups is 1. The third-order valence-corrected chi connectivity index (χ3v) is 3.99. The minimum Gasteiger partial charge on any atom is -0.353 e. The maximum absolute atomic E-state index is 11.9. The molecule has 1 aliphatic carbocycles. The second-order valence-corrected chi connectivity index (χ2v) is 5.40. The lowest BCUT2D eigenvalue weighted by Gasteiger charge is -2.26. The van der Waals surface area contributed by atoms with Crippen LogP contribution in [0.1, 0.15) is 36.0 Å². The predicted molar refractivity (Wildman–Crippen MR) is 71.3 cm³/mol. The van der Waals surface area contributed by atoms with Gasteiger partial charge in [0.25, 0.3) is 0 Å². The molecular formula is C15H20N2O. The van der Waals surface area contributed by atoms with Crippen LogP contribution in [0.15, 0.2) is 18.2 Å². The molecular weight excluding hydrogens is 224 g/mol. The Labute approximate surface area is 108 Å². The van der Waals surface area contributed by atoms with Gasteiger partial charge < -0.3 is 10.6 Å². The summed E-state index contributed by atoms with van der Waals surface area (Å²) >= 11 is 0. The Hall–Kier alpha value is -1.35. The van der Waals surface area contributed by atoms with Crippen LogP contribution in [0.25, 0.3) is 0 Å². The van der Waals surface area contributed by atoms with Crippen molar-refractivity contribution in [1.29, 1.82) is 0 Å². The standard InChI is InChI=1S/C15H20N2O/c18-15(17-14-2-1-3-14)9-11-4-5-12-6-7-16-10-13(12)8-11/h4-5,8,14,16H,1-3,6-7,9-10H2,(H,17,18). The maximum atomic E-state index is 11.9. The maximum Gasteiger partial charge on any atom is 0.224 e. The highest BCUT2D eigenvalue weighted by Gasteiger charge is 2.19. The van der Waals surface area contributed by atoms with E-state index >= 15 is 0 Å². The van der Waals surface area contributed by atoms with Crippen molar-refractivity contribution in [3.05, 3.63) is 34.9 Å². The van der Waals surface area contributed by atoms with Crippen LogP contribution in [0, 0.1) is 0 Å². The van der Waals surface area contributed by atoms with Crippen LogP contribution in [0.3, 0.4) is 0 Å². The van der Waals surface area contributed by atoms with Crippen molar-refractivity contribution >= 4 is 5.91 Å². The Bertz CT molecular complexity index is 452. The molecule has 0 atom stereocenters. The van der Waals surface area contributed by atoms with E-state index in [4.69, 9.17) is 0 Å². The molecule has 3 rings (SSSR count). The molecule has 2 N–H and O–H groups in total. The van der Waals surface area contributed by atoms with Gasteiger partial charge in [-0.25, -0.2) is 0 Å². The number of amides is 1. The van der Waals surface area contributed by atoms with Crippen molar-refractivity contribution in [1.82, 2.24) is 10.6 Å². The molecule has 3 nitrogen and oxygen atoms in total. The molecule has 3 heteroatoms. The summed E-state index contributed by atoms with van der Waals surface area (Å²) in [4.78, 5) is 11.9. The molecule has 18 heavy (non-hydrogen) atoms. The first-order chi connectivity index (χ1) is 8.81. The predicted octanol–water partition coefficient (Wildman–Crippen LogP) is 1.54. The summed E-state index contributed by atoms with van der Waals surface area (Å²) in [5.74, 6) is 0.170. The topological polar surface area (TPSA) is 41.1 Å². The first kappa shape index (κ1) is 11.7. The van der Waals surface area contributed by atoms with E-state index in [1.165, 1.54) is 17.5 Å². The van der Waals surface area contributed by atoms with Gasteiger partial charge in [-0.05, 0) is 48.9 Å². The van der Waals surface area contributed by atoms with Crippen LogP contribution in [-0.4, -0.2) is 18.5 Å². The highest BCUT2D eigenvalue weighted by atomic mass is 16.1. The molecule has 0 aromatic heterocycles. The number of rotatable bonds is 3. The number of hydrogen-bond acceptors (Lipinski definition) is 2. The third-order valence-electron chi connectivity index (χ3n) is 3.99. The van der Waals surface area contributed by atoms with Crippen LogP contribution in [0.2, 0.25) is 0 Å². The molecule has 0 bridgehead atoms. The smallest absolute Gasteiger partial charge is 0.224 e. The summed E-state index contributed by atoms with van der Waals surface area (Å²) in [5.41, 5.74) is 3.92. The van der Waals surface area contributed by atoms with E-state index in [1.54, 1.807) is 0 Å². The zero-order valence-corrected chi connectivity index (χ0v) is 10.7. The largest absolute Gasteiger partial charge is 0.353 e. The first-order valence-corrected chi connectivity index (χ1v) is 6.92. The van der Waals surface area contributed by atoms with Crippen LogP contribution in [0.4, 0.5) is 0 Å². The molecule has 2 aliphatic rings. The Morgan fingerprint density at radius 3 is 3.00 bits per heavy atom. The lowest BCUT2D eigenvalue weighted by atomic mass is 9.92. The van der Waals surface area contributed by atoms with Crippen molar-refractivity contribution in [2.45, 2.75) is 44.7 Å². The molecule has 1 aliphatic heterocycles. The van der Waals surface area contributed by atoms with Crippen molar-refractivity contribution < 1.29 is 4.79 Å². The van der Waals surface area contributed by atoms with Crippen LogP contribution in [0.5, 0.6) is 0 Å². The van der Waals surface area contributed by atoms with Crippen LogP contribution in [-0.2, 0) is 24.2 Å². The fourth-order valence-corrected chi connectivity index (χ4v) is 2.66. The molecule has 0 spiro atoms. The molecule has 0 unspecified atom stereocenters. The van der Waals surface area contributed by atoms with E-state index < -0.39 is 0 Å². The van der Waals surface area contributed by atoms with Crippen molar-refractivity contribution in [3.63, 3.8) is 0 Å². The van der Waals surface area contributed by atoms with E-state index in [0.717, 1.165) is 37.9 Å². The second kappa shape index (κ2) is 5.11. The lowest BCUT2D eigenvalue weighted by Crippen LogP contribution is -2.40. The highest BCUT2D eigenvalue weighted by Crippen LogP contribution is 2.19.